The third-order valence-electron chi connectivity index (χ3n) is 2.82. The molecule has 0 aliphatic heterocycles. The molecule has 0 radical (unpaired) electrons. The van der Waals surface area contributed by atoms with Gasteiger partial charge in [-0.1, -0.05) is 30.3 Å². The van der Waals surface area contributed by atoms with Crippen molar-refractivity contribution in [2.24, 2.45) is 5.14 Å². The van der Waals surface area contributed by atoms with Crippen LogP contribution in [0.5, 0.6) is 0 Å². The third-order valence-corrected chi connectivity index (χ3v) is 5.40. The fourth-order valence-electron chi connectivity index (χ4n) is 1.81. The maximum Gasteiger partial charge on any atom is 0.247 e. The van der Waals surface area contributed by atoms with Gasteiger partial charge in [-0.3, -0.25) is 4.79 Å². The van der Waals surface area contributed by atoms with Crippen LogP contribution >= 0.6 is 11.3 Å². The Morgan fingerprint density at radius 3 is 2.48 bits per heavy atom. The Balaban J connectivity index is 1.79. The van der Waals surface area contributed by atoms with E-state index in [4.69, 9.17) is 5.14 Å². The molecule has 0 saturated carbocycles. The van der Waals surface area contributed by atoms with E-state index in [2.05, 4.69) is 5.32 Å². The largest absolute Gasteiger partial charge is 0.355 e. The molecule has 1 aromatic carbocycles. The summed E-state index contributed by atoms with van der Waals surface area (Å²) < 4.78 is 22.4. The van der Waals surface area contributed by atoms with Crippen LogP contribution in [0.15, 0.2) is 46.7 Å². The third kappa shape index (κ3) is 4.96. The number of hydrogen-bond acceptors (Lipinski definition) is 4. The second kappa shape index (κ2) is 6.84. The average molecular weight is 324 g/mol. The molecule has 0 aliphatic rings. The SMILES string of the molecule is NS(=O)(=O)c1ccc(CCNC(=O)Cc2ccccc2)s1. The van der Waals surface area contributed by atoms with Crippen molar-refractivity contribution in [3.05, 3.63) is 52.9 Å². The van der Waals surface area contributed by atoms with Crippen LogP contribution in [0, 0.1) is 0 Å². The van der Waals surface area contributed by atoms with Crippen molar-refractivity contribution in [2.45, 2.75) is 17.1 Å². The Bertz CT molecular complexity index is 709. The second-order valence-corrected chi connectivity index (χ2v) is 7.48. The van der Waals surface area contributed by atoms with E-state index in [0.717, 1.165) is 21.8 Å². The molecule has 1 aromatic heterocycles. The lowest BCUT2D eigenvalue weighted by atomic mass is 10.1. The van der Waals surface area contributed by atoms with Crippen molar-refractivity contribution in [1.82, 2.24) is 5.32 Å². The summed E-state index contributed by atoms with van der Waals surface area (Å²) in [5, 5.41) is 7.86. The lowest BCUT2D eigenvalue weighted by molar-refractivity contribution is -0.120. The molecule has 5 nitrogen and oxygen atoms in total. The Morgan fingerprint density at radius 2 is 1.86 bits per heavy atom. The number of thiophene rings is 1. The van der Waals surface area contributed by atoms with E-state index < -0.39 is 10.0 Å². The first-order valence-corrected chi connectivity index (χ1v) is 8.73. The highest BCUT2D eigenvalue weighted by Crippen LogP contribution is 2.20. The number of rotatable bonds is 6. The molecular weight excluding hydrogens is 308 g/mol. The standard InChI is InChI=1S/C14H16N2O3S2/c15-21(18,19)14-7-6-12(20-14)8-9-16-13(17)10-11-4-2-1-3-5-11/h1-7H,8-10H2,(H,16,17)(H2,15,18,19). The Labute approximate surface area is 127 Å². The molecule has 0 atom stereocenters. The van der Waals surface area contributed by atoms with Gasteiger partial charge in [-0.05, 0) is 24.1 Å². The van der Waals surface area contributed by atoms with Crippen LogP contribution in [0.4, 0.5) is 0 Å². The summed E-state index contributed by atoms with van der Waals surface area (Å²) in [6, 6.07) is 12.7. The predicted octanol–water partition coefficient (Wildman–Crippen LogP) is 1.30. The molecule has 1 heterocycles. The summed E-state index contributed by atoms with van der Waals surface area (Å²) in [4.78, 5) is 12.6. The molecule has 2 aromatic rings. The first kappa shape index (κ1) is 15.7. The van der Waals surface area contributed by atoms with Crippen molar-refractivity contribution in [3.8, 4) is 0 Å². The zero-order valence-electron chi connectivity index (χ0n) is 11.3. The lowest BCUT2D eigenvalue weighted by Crippen LogP contribution is -2.27. The van der Waals surface area contributed by atoms with Gasteiger partial charge in [0.2, 0.25) is 15.9 Å². The van der Waals surface area contributed by atoms with Gasteiger partial charge in [-0.25, -0.2) is 13.6 Å². The topological polar surface area (TPSA) is 89.3 Å². The highest BCUT2D eigenvalue weighted by Gasteiger charge is 2.11. The molecule has 0 unspecified atom stereocenters. The van der Waals surface area contributed by atoms with E-state index in [0.29, 0.717) is 19.4 Å². The van der Waals surface area contributed by atoms with Gasteiger partial charge >= 0.3 is 0 Å². The molecule has 0 bridgehead atoms. The number of carbonyl (C=O) groups excluding carboxylic acids is 1. The zero-order chi connectivity index (χ0) is 15.3. The van der Waals surface area contributed by atoms with Crippen molar-refractivity contribution in [1.29, 1.82) is 0 Å². The number of benzene rings is 1. The van der Waals surface area contributed by atoms with Crippen LogP contribution in [0.2, 0.25) is 0 Å². The highest BCUT2D eigenvalue weighted by molar-refractivity contribution is 7.91. The monoisotopic (exact) mass is 324 g/mol. The summed E-state index contributed by atoms with van der Waals surface area (Å²) in [6.45, 7) is 0.468. The van der Waals surface area contributed by atoms with Crippen LogP contribution in [-0.4, -0.2) is 20.9 Å². The lowest BCUT2D eigenvalue weighted by Gasteiger charge is -2.04. The normalized spacial score (nSPS) is 11.3. The van der Waals surface area contributed by atoms with Crippen molar-refractivity contribution < 1.29 is 13.2 Å². The molecule has 7 heteroatoms. The number of nitrogens with one attached hydrogen (secondary N) is 1. The Morgan fingerprint density at radius 1 is 1.14 bits per heavy atom. The van der Waals surface area contributed by atoms with Crippen molar-refractivity contribution >= 4 is 27.3 Å². The van der Waals surface area contributed by atoms with Crippen LogP contribution < -0.4 is 10.5 Å². The van der Waals surface area contributed by atoms with Gasteiger partial charge in [0.1, 0.15) is 4.21 Å². The average Bonchev–Trinajstić information content (AvgIpc) is 2.88. The summed E-state index contributed by atoms with van der Waals surface area (Å²) >= 11 is 1.13. The maximum absolute atomic E-state index is 11.7. The van der Waals surface area contributed by atoms with Crippen molar-refractivity contribution in [2.75, 3.05) is 6.54 Å². The molecule has 0 spiro atoms. The summed E-state index contributed by atoms with van der Waals surface area (Å²) in [5.74, 6) is -0.0515. The van der Waals surface area contributed by atoms with Crippen LogP contribution in [0.1, 0.15) is 10.4 Å². The number of primary sulfonamides is 1. The van der Waals surface area contributed by atoms with Gasteiger partial charge in [-0.15, -0.1) is 11.3 Å². The quantitative estimate of drug-likeness (QED) is 0.839. The van der Waals surface area contributed by atoms with E-state index in [1.165, 1.54) is 6.07 Å². The van der Waals surface area contributed by atoms with E-state index in [1.54, 1.807) is 6.07 Å². The molecule has 21 heavy (non-hydrogen) atoms. The maximum atomic E-state index is 11.7. The number of hydrogen-bond donors (Lipinski definition) is 2. The van der Waals surface area contributed by atoms with E-state index in [9.17, 15) is 13.2 Å². The second-order valence-electron chi connectivity index (χ2n) is 4.53. The predicted molar refractivity (Wildman–Crippen MR) is 82.6 cm³/mol. The van der Waals surface area contributed by atoms with Gasteiger partial charge in [0.25, 0.3) is 0 Å². The van der Waals surface area contributed by atoms with Crippen molar-refractivity contribution in [3.63, 3.8) is 0 Å². The molecular formula is C14H16N2O3S2. The van der Waals surface area contributed by atoms with Gasteiger partial charge < -0.3 is 5.32 Å². The molecule has 2 rings (SSSR count). The summed E-state index contributed by atoms with van der Waals surface area (Å²) in [7, 11) is -3.63. The van der Waals surface area contributed by atoms with Crippen LogP contribution in [0.25, 0.3) is 0 Å². The van der Waals surface area contributed by atoms with Gasteiger partial charge in [0.15, 0.2) is 0 Å². The molecule has 3 N–H and O–H groups in total. The smallest absolute Gasteiger partial charge is 0.247 e. The van der Waals surface area contributed by atoms with Gasteiger partial charge in [0.05, 0.1) is 6.42 Å². The van der Waals surface area contributed by atoms with E-state index >= 15 is 0 Å². The Hall–Kier alpha value is -1.70. The number of amides is 1. The minimum absolute atomic E-state index is 0.0515. The molecule has 112 valence electrons. The number of carbonyl (C=O) groups is 1. The fraction of sp³-hybridized carbons (Fsp3) is 0.214. The Kier molecular flexibility index (Phi) is 5.11. The zero-order valence-corrected chi connectivity index (χ0v) is 12.9. The summed E-state index contributed by atoms with van der Waals surface area (Å²) in [5.41, 5.74) is 0.961. The first-order valence-electron chi connectivity index (χ1n) is 6.37. The van der Waals surface area contributed by atoms with Crippen LogP contribution in [0.3, 0.4) is 0 Å². The van der Waals surface area contributed by atoms with Gasteiger partial charge in [0, 0.05) is 11.4 Å². The first-order chi connectivity index (χ1) is 9.95. The summed E-state index contributed by atoms with van der Waals surface area (Å²) in [6.07, 6.45) is 0.925. The molecule has 0 aliphatic carbocycles. The number of sulfonamides is 1. The molecule has 0 saturated heterocycles. The van der Waals surface area contributed by atoms with Gasteiger partial charge in [-0.2, -0.15) is 0 Å². The van der Waals surface area contributed by atoms with Crippen LogP contribution in [-0.2, 0) is 27.7 Å². The minimum atomic E-state index is -3.63. The van der Waals surface area contributed by atoms with E-state index in [1.807, 2.05) is 30.3 Å². The molecule has 0 fully saturated rings. The molecule has 1 amide bonds. The van der Waals surface area contributed by atoms with E-state index in [-0.39, 0.29) is 10.1 Å². The highest BCUT2D eigenvalue weighted by atomic mass is 32.2. The number of nitrogens with two attached hydrogens (primary N) is 1. The fourth-order valence-corrected chi connectivity index (χ4v) is 3.59. The minimum Gasteiger partial charge on any atom is -0.355 e.